The molecule has 1 N–H and O–H groups in total. The Hall–Kier alpha value is -3.03. The number of hydrogen-bond acceptors (Lipinski definition) is 5. The molecule has 0 bridgehead atoms. The summed E-state index contributed by atoms with van der Waals surface area (Å²) >= 11 is 0. The molecule has 3 heterocycles. The van der Waals surface area contributed by atoms with E-state index in [1.165, 1.54) is 6.42 Å². The van der Waals surface area contributed by atoms with Crippen molar-refractivity contribution in [3.8, 4) is 0 Å². The summed E-state index contributed by atoms with van der Waals surface area (Å²) in [5.41, 5.74) is 1.22. The van der Waals surface area contributed by atoms with E-state index >= 15 is 0 Å². The third-order valence-electron chi connectivity index (χ3n) is 7.19. The van der Waals surface area contributed by atoms with Crippen LogP contribution < -0.4 is 5.56 Å². The van der Waals surface area contributed by atoms with Crippen molar-refractivity contribution in [1.29, 1.82) is 0 Å². The monoisotopic (exact) mass is 434 g/mol. The van der Waals surface area contributed by atoms with Crippen LogP contribution in [-0.4, -0.2) is 48.9 Å². The van der Waals surface area contributed by atoms with Crippen LogP contribution in [0.15, 0.2) is 35.1 Å². The van der Waals surface area contributed by atoms with Crippen LogP contribution >= 0.6 is 0 Å². The Labute approximate surface area is 187 Å². The predicted molar refractivity (Wildman–Crippen MR) is 121 cm³/mol. The van der Waals surface area contributed by atoms with Crippen molar-refractivity contribution in [2.45, 2.75) is 69.7 Å². The molecule has 2 aliphatic rings. The molecule has 0 radical (unpaired) electrons. The van der Waals surface area contributed by atoms with Gasteiger partial charge >= 0.3 is 0 Å². The molecule has 8 nitrogen and oxygen atoms in total. The zero-order valence-corrected chi connectivity index (χ0v) is 18.6. The number of H-pyrrole nitrogens is 1. The summed E-state index contributed by atoms with van der Waals surface area (Å²) in [5, 5.41) is 8.38. The van der Waals surface area contributed by atoms with E-state index in [0.29, 0.717) is 24.4 Å². The SMILES string of the molecule is CCc1nc2c(nnn2C2CCCN(C(=O)C3(c4ccccc4)CCCCC3)C2)c(=O)[nH]1. The molecule has 1 amide bonds. The van der Waals surface area contributed by atoms with E-state index in [0.717, 1.165) is 50.6 Å². The lowest BCUT2D eigenvalue weighted by Gasteiger charge is -2.43. The predicted octanol–water partition coefficient (Wildman–Crippen LogP) is 3.14. The van der Waals surface area contributed by atoms with Gasteiger partial charge in [0.15, 0.2) is 11.2 Å². The molecule has 32 heavy (non-hydrogen) atoms. The lowest BCUT2D eigenvalue weighted by Crippen LogP contribution is -2.51. The van der Waals surface area contributed by atoms with Gasteiger partial charge in [-0.2, -0.15) is 0 Å². The maximum atomic E-state index is 14.0. The Bertz CT molecular complexity index is 1160. The highest BCUT2D eigenvalue weighted by Gasteiger charge is 2.44. The maximum absolute atomic E-state index is 14.0. The average Bonchev–Trinajstić information content (AvgIpc) is 3.29. The lowest BCUT2D eigenvalue weighted by molar-refractivity contribution is -0.140. The highest BCUT2D eigenvalue weighted by atomic mass is 16.2. The van der Waals surface area contributed by atoms with E-state index in [2.05, 4.69) is 32.4 Å². The molecule has 1 unspecified atom stereocenters. The minimum absolute atomic E-state index is 0.0341. The maximum Gasteiger partial charge on any atom is 0.281 e. The zero-order chi connectivity index (χ0) is 22.1. The first-order chi connectivity index (χ1) is 15.6. The van der Waals surface area contributed by atoms with E-state index in [1.54, 1.807) is 4.68 Å². The third-order valence-corrected chi connectivity index (χ3v) is 7.19. The summed E-state index contributed by atoms with van der Waals surface area (Å²) in [7, 11) is 0. The number of aryl methyl sites for hydroxylation is 1. The smallest absolute Gasteiger partial charge is 0.281 e. The minimum Gasteiger partial charge on any atom is -0.340 e. The number of aromatic nitrogens is 5. The second kappa shape index (κ2) is 8.48. The number of nitrogens with one attached hydrogen (secondary N) is 1. The number of piperidine rings is 1. The van der Waals surface area contributed by atoms with Gasteiger partial charge in [0, 0.05) is 19.5 Å². The molecule has 0 spiro atoms. The number of amides is 1. The van der Waals surface area contributed by atoms with E-state index < -0.39 is 5.41 Å². The average molecular weight is 435 g/mol. The topological polar surface area (TPSA) is 96.8 Å². The molecule has 1 aliphatic carbocycles. The summed E-state index contributed by atoms with van der Waals surface area (Å²) in [6.45, 7) is 3.28. The Kier molecular flexibility index (Phi) is 5.53. The summed E-state index contributed by atoms with van der Waals surface area (Å²) in [6, 6.07) is 10.3. The van der Waals surface area contributed by atoms with Gasteiger partial charge in [0.2, 0.25) is 5.91 Å². The van der Waals surface area contributed by atoms with Crippen molar-refractivity contribution < 1.29 is 4.79 Å². The van der Waals surface area contributed by atoms with Gasteiger partial charge in [-0.15, -0.1) is 5.10 Å². The van der Waals surface area contributed by atoms with Crippen LogP contribution in [0.4, 0.5) is 0 Å². The molecule has 2 fully saturated rings. The fraction of sp³-hybridized carbons (Fsp3) is 0.542. The zero-order valence-electron chi connectivity index (χ0n) is 18.6. The van der Waals surface area contributed by atoms with E-state index in [1.807, 2.05) is 30.0 Å². The Balaban J connectivity index is 1.46. The molecule has 5 rings (SSSR count). The molecule has 3 aromatic rings. The fourth-order valence-electron chi connectivity index (χ4n) is 5.48. The Morgan fingerprint density at radius 1 is 1.16 bits per heavy atom. The number of carbonyl (C=O) groups excluding carboxylic acids is 1. The van der Waals surface area contributed by atoms with Crippen LogP contribution in [0.5, 0.6) is 0 Å². The minimum atomic E-state index is -0.434. The second-order valence-electron chi connectivity index (χ2n) is 9.13. The first-order valence-corrected chi connectivity index (χ1v) is 11.8. The van der Waals surface area contributed by atoms with Crippen molar-refractivity contribution in [3.63, 3.8) is 0 Å². The Morgan fingerprint density at radius 3 is 2.69 bits per heavy atom. The van der Waals surface area contributed by atoms with Crippen molar-refractivity contribution in [2.24, 2.45) is 0 Å². The highest BCUT2D eigenvalue weighted by Crippen LogP contribution is 2.42. The summed E-state index contributed by atoms with van der Waals surface area (Å²) < 4.78 is 1.76. The summed E-state index contributed by atoms with van der Waals surface area (Å²) in [6.07, 6.45) is 7.57. The molecule has 8 heteroatoms. The van der Waals surface area contributed by atoms with Gasteiger partial charge in [-0.05, 0) is 31.2 Å². The second-order valence-corrected chi connectivity index (χ2v) is 9.13. The number of hydrogen-bond donors (Lipinski definition) is 1. The number of benzene rings is 1. The highest BCUT2D eigenvalue weighted by molar-refractivity contribution is 5.88. The van der Waals surface area contributed by atoms with Gasteiger partial charge in [0.1, 0.15) is 5.82 Å². The molecule has 168 valence electrons. The van der Waals surface area contributed by atoms with Crippen LogP contribution in [0.25, 0.3) is 11.2 Å². The van der Waals surface area contributed by atoms with Gasteiger partial charge in [-0.3, -0.25) is 9.59 Å². The first kappa shape index (κ1) is 20.8. The van der Waals surface area contributed by atoms with Crippen LogP contribution in [0.2, 0.25) is 0 Å². The van der Waals surface area contributed by atoms with E-state index in [9.17, 15) is 9.59 Å². The van der Waals surface area contributed by atoms with Gasteiger partial charge in [0.25, 0.3) is 5.56 Å². The molecule has 1 aromatic carbocycles. The molecule has 1 atom stereocenters. The van der Waals surface area contributed by atoms with E-state index in [-0.39, 0.29) is 23.0 Å². The van der Waals surface area contributed by atoms with Gasteiger partial charge in [-0.25, -0.2) is 9.67 Å². The molecule has 1 aliphatic heterocycles. The number of likely N-dealkylation sites (tertiary alicyclic amines) is 1. The van der Waals surface area contributed by atoms with Crippen LogP contribution in [-0.2, 0) is 16.6 Å². The number of carbonyl (C=O) groups is 1. The molecule has 2 aromatic heterocycles. The van der Waals surface area contributed by atoms with Crippen LogP contribution in [0.1, 0.15) is 69.3 Å². The largest absolute Gasteiger partial charge is 0.340 e. The molecule has 1 saturated carbocycles. The molecular weight excluding hydrogens is 404 g/mol. The van der Waals surface area contributed by atoms with Crippen molar-refractivity contribution >= 4 is 17.1 Å². The third kappa shape index (κ3) is 3.51. The number of fused-ring (bicyclic) bond motifs is 1. The lowest BCUT2D eigenvalue weighted by atomic mass is 9.68. The summed E-state index contributed by atoms with van der Waals surface area (Å²) in [4.78, 5) is 35.7. The number of nitrogens with zero attached hydrogens (tertiary/aromatic N) is 5. The van der Waals surface area contributed by atoms with Crippen molar-refractivity contribution in [2.75, 3.05) is 13.1 Å². The quantitative estimate of drug-likeness (QED) is 0.680. The van der Waals surface area contributed by atoms with Crippen LogP contribution in [0, 0.1) is 0 Å². The summed E-state index contributed by atoms with van der Waals surface area (Å²) in [5.74, 6) is 0.859. The van der Waals surface area contributed by atoms with Crippen molar-refractivity contribution in [3.05, 3.63) is 52.1 Å². The fourth-order valence-corrected chi connectivity index (χ4v) is 5.48. The number of aromatic amines is 1. The van der Waals surface area contributed by atoms with E-state index in [4.69, 9.17) is 0 Å². The normalized spacial score (nSPS) is 21.0. The van der Waals surface area contributed by atoms with Gasteiger partial charge < -0.3 is 9.88 Å². The molecule has 1 saturated heterocycles. The van der Waals surface area contributed by atoms with Crippen molar-refractivity contribution in [1.82, 2.24) is 29.9 Å². The van der Waals surface area contributed by atoms with Crippen LogP contribution in [0.3, 0.4) is 0 Å². The standard InChI is InChI=1S/C24H30N6O2/c1-2-19-25-21-20(22(31)26-19)27-28-30(21)18-12-9-15-29(16-18)23(32)24(13-7-4-8-14-24)17-10-5-3-6-11-17/h3,5-6,10-11,18H,2,4,7-9,12-16H2,1H3,(H,25,26,31). The number of rotatable bonds is 4. The van der Waals surface area contributed by atoms with Gasteiger partial charge in [0.05, 0.1) is 11.5 Å². The molecular formula is C24H30N6O2. The van der Waals surface area contributed by atoms with Gasteiger partial charge in [-0.1, -0.05) is 61.7 Å². The Morgan fingerprint density at radius 2 is 1.94 bits per heavy atom. The first-order valence-electron chi connectivity index (χ1n) is 11.8.